The maximum Gasteiger partial charge on any atom is 0.330 e. The van der Waals surface area contributed by atoms with Gasteiger partial charge in [0.2, 0.25) is 0 Å². The fourth-order valence-corrected chi connectivity index (χ4v) is 4.70. The summed E-state index contributed by atoms with van der Waals surface area (Å²) in [7, 11) is 0. The molecule has 1 aromatic rings. The molecule has 0 aliphatic heterocycles. The number of carbonyl (C=O) groups is 1. The second-order valence-corrected chi connectivity index (χ2v) is 10.0. The maximum atomic E-state index is 11.6. The normalized spacial score (nSPS) is 19.6. The molecule has 0 radical (unpaired) electrons. The van der Waals surface area contributed by atoms with Crippen LogP contribution in [-0.4, -0.2) is 29.9 Å². The molecule has 0 heterocycles. The van der Waals surface area contributed by atoms with E-state index in [0.717, 1.165) is 25.2 Å². The number of benzene rings is 1. The second kappa shape index (κ2) is 11.7. The Bertz CT molecular complexity index is 682. The molecule has 4 nitrogen and oxygen atoms in total. The predicted octanol–water partition coefficient (Wildman–Crippen LogP) is 6.97. The van der Waals surface area contributed by atoms with Gasteiger partial charge in [0, 0.05) is 19.1 Å². The van der Waals surface area contributed by atoms with Gasteiger partial charge >= 0.3 is 5.97 Å². The lowest BCUT2D eigenvalue weighted by Gasteiger charge is -2.35. The Morgan fingerprint density at radius 1 is 1.03 bits per heavy atom. The summed E-state index contributed by atoms with van der Waals surface area (Å²) in [6.45, 7) is 14.4. The molecule has 2 rings (SSSR count). The van der Waals surface area contributed by atoms with E-state index in [0.29, 0.717) is 18.4 Å². The van der Waals surface area contributed by atoms with Crippen LogP contribution in [-0.2, 0) is 14.3 Å². The molecule has 1 fully saturated rings. The van der Waals surface area contributed by atoms with E-state index in [-0.39, 0.29) is 0 Å². The van der Waals surface area contributed by atoms with Crippen LogP contribution in [0.1, 0.15) is 97.5 Å². The second-order valence-electron chi connectivity index (χ2n) is 10.0. The standard InChI is InChI=1S/C27H42O4/c1-7-9-10-19-29-23-15-11-21(12-16-23)22-13-17-24(18-14-22)30-26(3,4)20-27(5,6)31-25(28)8-2/h8,13-14,17-18,21,23H,2,7,9-12,15-16,19-20H2,1,3-6H3. The third-order valence-corrected chi connectivity index (χ3v) is 5.92. The summed E-state index contributed by atoms with van der Waals surface area (Å²) in [6.07, 6.45) is 10.6. The largest absolute Gasteiger partial charge is 0.488 e. The molecule has 0 unspecified atom stereocenters. The molecule has 0 amide bonds. The van der Waals surface area contributed by atoms with Crippen LogP contribution in [0.15, 0.2) is 36.9 Å². The Labute approximate surface area is 189 Å². The first kappa shape index (κ1) is 25.5. The Morgan fingerprint density at radius 2 is 1.68 bits per heavy atom. The van der Waals surface area contributed by atoms with E-state index in [9.17, 15) is 4.79 Å². The van der Waals surface area contributed by atoms with Gasteiger partial charge in [-0.1, -0.05) is 38.5 Å². The summed E-state index contributed by atoms with van der Waals surface area (Å²) in [5.74, 6) is 1.04. The lowest BCUT2D eigenvalue weighted by atomic mass is 9.82. The van der Waals surface area contributed by atoms with Crippen LogP contribution in [0.2, 0.25) is 0 Å². The smallest absolute Gasteiger partial charge is 0.330 e. The maximum absolute atomic E-state index is 11.6. The molecule has 1 aromatic carbocycles. The SMILES string of the molecule is C=CC(=O)OC(C)(C)CC(C)(C)Oc1ccc(C2CCC(OCCCCC)CC2)cc1. The van der Waals surface area contributed by atoms with Crippen molar-refractivity contribution in [2.75, 3.05) is 6.61 Å². The minimum absolute atomic E-state index is 0.411. The highest BCUT2D eigenvalue weighted by Crippen LogP contribution is 2.35. The van der Waals surface area contributed by atoms with Gasteiger partial charge < -0.3 is 14.2 Å². The number of ether oxygens (including phenoxy) is 3. The summed E-state index contributed by atoms with van der Waals surface area (Å²) < 4.78 is 17.8. The van der Waals surface area contributed by atoms with Gasteiger partial charge in [-0.2, -0.15) is 0 Å². The highest BCUT2D eigenvalue weighted by molar-refractivity contribution is 5.81. The zero-order valence-electron chi connectivity index (χ0n) is 20.2. The van der Waals surface area contributed by atoms with Gasteiger partial charge in [0.1, 0.15) is 17.0 Å². The molecule has 0 spiro atoms. The number of carbonyl (C=O) groups excluding carboxylic acids is 1. The fourth-order valence-electron chi connectivity index (χ4n) is 4.70. The molecule has 4 heteroatoms. The van der Waals surface area contributed by atoms with E-state index in [1.165, 1.54) is 43.7 Å². The third-order valence-electron chi connectivity index (χ3n) is 5.92. The summed E-state index contributed by atoms with van der Waals surface area (Å²) in [5.41, 5.74) is 0.279. The van der Waals surface area contributed by atoms with E-state index in [1.54, 1.807) is 0 Å². The predicted molar refractivity (Wildman–Crippen MR) is 127 cm³/mol. The third kappa shape index (κ3) is 9.06. The summed E-state index contributed by atoms with van der Waals surface area (Å²) >= 11 is 0. The van der Waals surface area contributed by atoms with Crippen LogP contribution in [0.4, 0.5) is 0 Å². The van der Waals surface area contributed by atoms with Gasteiger partial charge in [-0.3, -0.25) is 0 Å². The first-order valence-corrected chi connectivity index (χ1v) is 11.9. The molecule has 0 bridgehead atoms. The summed E-state index contributed by atoms with van der Waals surface area (Å²) in [5, 5.41) is 0. The number of hydrogen-bond acceptors (Lipinski definition) is 4. The first-order chi connectivity index (χ1) is 14.6. The van der Waals surface area contributed by atoms with Crippen LogP contribution < -0.4 is 4.74 Å². The minimum Gasteiger partial charge on any atom is -0.488 e. The minimum atomic E-state index is -0.633. The van der Waals surface area contributed by atoms with Crippen LogP contribution >= 0.6 is 0 Å². The molecule has 31 heavy (non-hydrogen) atoms. The monoisotopic (exact) mass is 430 g/mol. The Hall–Kier alpha value is -1.81. The van der Waals surface area contributed by atoms with E-state index < -0.39 is 17.2 Å². The number of hydrogen-bond donors (Lipinski definition) is 0. The summed E-state index contributed by atoms with van der Waals surface area (Å²) in [6, 6.07) is 8.52. The number of rotatable bonds is 12. The van der Waals surface area contributed by atoms with Crippen molar-refractivity contribution in [2.24, 2.45) is 0 Å². The molecule has 174 valence electrons. The van der Waals surface area contributed by atoms with Crippen LogP contribution in [0.3, 0.4) is 0 Å². The van der Waals surface area contributed by atoms with Crippen molar-refractivity contribution >= 4 is 5.97 Å². The highest BCUT2D eigenvalue weighted by Gasteiger charge is 2.33. The van der Waals surface area contributed by atoms with Crippen LogP contribution in [0.5, 0.6) is 5.75 Å². The molecular formula is C27H42O4. The van der Waals surface area contributed by atoms with Gasteiger partial charge in [-0.05, 0) is 83.4 Å². The topological polar surface area (TPSA) is 44.8 Å². The number of esters is 1. The quantitative estimate of drug-likeness (QED) is 0.204. The zero-order chi connectivity index (χ0) is 22.9. The highest BCUT2D eigenvalue weighted by atomic mass is 16.6. The van der Waals surface area contributed by atoms with Gasteiger partial charge in [0.15, 0.2) is 0 Å². The van der Waals surface area contributed by atoms with Crippen molar-refractivity contribution < 1.29 is 19.0 Å². The summed E-state index contributed by atoms with van der Waals surface area (Å²) in [4.78, 5) is 11.6. The van der Waals surface area contributed by atoms with E-state index in [1.807, 2.05) is 27.7 Å². The van der Waals surface area contributed by atoms with E-state index in [2.05, 4.69) is 37.8 Å². The lowest BCUT2D eigenvalue weighted by molar-refractivity contribution is -0.154. The van der Waals surface area contributed by atoms with Crippen molar-refractivity contribution in [3.8, 4) is 5.75 Å². The van der Waals surface area contributed by atoms with Crippen molar-refractivity contribution in [2.45, 2.75) is 109 Å². The Morgan fingerprint density at radius 3 is 2.26 bits per heavy atom. The zero-order valence-corrected chi connectivity index (χ0v) is 20.2. The molecular weight excluding hydrogens is 388 g/mol. The average molecular weight is 431 g/mol. The number of unbranched alkanes of at least 4 members (excludes halogenated alkanes) is 2. The first-order valence-electron chi connectivity index (χ1n) is 11.9. The fraction of sp³-hybridized carbons (Fsp3) is 0.667. The lowest BCUT2D eigenvalue weighted by Crippen LogP contribution is -2.40. The molecule has 0 N–H and O–H groups in total. The van der Waals surface area contributed by atoms with Crippen LogP contribution in [0.25, 0.3) is 0 Å². The molecule has 1 saturated carbocycles. The molecule has 1 aliphatic rings. The van der Waals surface area contributed by atoms with Crippen molar-refractivity contribution in [1.29, 1.82) is 0 Å². The Balaban J connectivity index is 1.83. The van der Waals surface area contributed by atoms with Gasteiger partial charge in [-0.15, -0.1) is 0 Å². The van der Waals surface area contributed by atoms with E-state index in [4.69, 9.17) is 14.2 Å². The van der Waals surface area contributed by atoms with Crippen molar-refractivity contribution in [1.82, 2.24) is 0 Å². The average Bonchev–Trinajstić information content (AvgIpc) is 2.70. The van der Waals surface area contributed by atoms with Gasteiger partial charge in [-0.25, -0.2) is 4.79 Å². The van der Waals surface area contributed by atoms with Gasteiger partial charge in [0.25, 0.3) is 0 Å². The molecule has 0 saturated heterocycles. The Kier molecular flexibility index (Phi) is 9.61. The van der Waals surface area contributed by atoms with E-state index >= 15 is 0 Å². The van der Waals surface area contributed by atoms with Crippen LogP contribution in [0, 0.1) is 0 Å². The molecule has 0 aromatic heterocycles. The molecule has 0 atom stereocenters. The van der Waals surface area contributed by atoms with Gasteiger partial charge in [0.05, 0.1) is 6.10 Å². The van der Waals surface area contributed by atoms with Crippen molar-refractivity contribution in [3.05, 3.63) is 42.5 Å². The molecule has 1 aliphatic carbocycles. The van der Waals surface area contributed by atoms with Crippen molar-refractivity contribution in [3.63, 3.8) is 0 Å².